The van der Waals surface area contributed by atoms with Crippen LogP contribution in [0.2, 0.25) is 0 Å². The molecular weight excluding hydrogens is 610 g/mol. The first kappa shape index (κ1) is 32.8. The molecule has 246 valence electrons. The minimum Gasteiger partial charge on any atom is -0.339 e. The van der Waals surface area contributed by atoms with Crippen molar-refractivity contribution in [1.82, 2.24) is 9.80 Å². The molecule has 6 rings (SSSR count). The van der Waals surface area contributed by atoms with Gasteiger partial charge in [0, 0.05) is 60.1 Å². The first-order chi connectivity index (χ1) is 23.1. The minimum atomic E-state index is -3.33. The van der Waals surface area contributed by atoms with E-state index in [1.165, 1.54) is 11.0 Å². The molecular formula is C39H38F2N4O3. The maximum absolute atomic E-state index is 15.8. The maximum Gasteiger partial charge on any atom is 0.275 e. The highest BCUT2D eigenvalue weighted by Crippen LogP contribution is 2.43. The van der Waals surface area contributed by atoms with Gasteiger partial charge in [-0.15, -0.1) is 0 Å². The molecule has 0 saturated carbocycles. The van der Waals surface area contributed by atoms with Crippen molar-refractivity contribution in [1.29, 1.82) is 0 Å². The highest BCUT2D eigenvalue weighted by molar-refractivity contribution is 6.11. The summed E-state index contributed by atoms with van der Waals surface area (Å²) in [7, 11) is 3.69. The lowest BCUT2D eigenvalue weighted by Crippen LogP contribution is -2.44. The number of likely N-dealkylation sites (N-methyl/N-ethyl adjacent to an activating group) is 1. The van der Waals surface area contributed by atoms with Crippen molar-refractivity contribution >= 4 is 34.7 Å². The van der Waals surface area contributed by atoms with Gasteiger partial charge in [0.05, 0.1) is 5.69 Å². The number of para-hydroxylation sites is 1. The number of piperidine rings is 1. The predicted octanol–water partition coefficient (Wildman–Crippen LogP) is 7.23. The number of allylic oxidation sites excluding steroid dienone is 1. The summed E-state index contributed by atoms with van der Waals surface area (Å²) in [6.07, 6.45) is 1.97. The average molecular weight is 649 g/mol. The van der Waals surface area contributed by atoms with Crippen LogP contribution in [0.25, 0.3) is 16.7 Å². The number of hydrogen-bond acceptors (Lipinski definition) is 4. The summed E-state index contributed by atoms with van der Waals surface area (Å²) in [5, 5.41) is 2.90. The lowest BCUT2D eigenvalue weighted by Gasteiger charge is -2.34. The van der Waals surface area contributed by atoms with E-state index in [0.29, 0.717) is 16.9 Å². The molecule has 3 amide bonds. The number of carbonyl (C=O) groups excluding carboxylic acids is 3. The van der Waals surface area contributed by atoms with Crippen molar-refractivity contribution in [2.45, 2.75) is 31.2 Å². The third kappa shape index (κ3) is 6.92. The fraction of sp³-hybridized carbons (Fsp3) is 0.256. The number of nitrogens with zero attached hydrogens (tertiary/aromatic N) is 3. The number of amides is 3. The van der Waals surface area contributed by atoms with Gasteiger partial charge in [-0.25, -0.2) is 8.78 Å². The summed E-state index contributed by atoms with van der Waals surface area (Å²) in [6, 6.07) is 29.8. The molecule has 7 nitrogen and oxygen atoms in total. The van der Waals surface area contributed by atoms with E-state index in [4.69, 9.17) is 0 Å². The summed E-state index contributed by atoms with van der Waals surface area (Å²) in [5.41, 5.74) is 3.07. The van der Waals surface area contributed by atoms with Crippen LogP contribution in [0.3, 0.4) is 0 Å². The van der Waals surface area contributed by atoms with Crippen molar-refractivity contribution in [3.8, 4) is 11.1 Å². The molecule has 2 aliphatic rings. The molecule has 4 aromatic rings. The molecule has 48 heavy (non-hydrogen) atoms. The Balaban J connectivity index is 1.22. The summed E-state index contributed by atoms with van der Waals surface area (Å²) in [5.74, 6) is -4.56. The van der Waals surface area contributed by atoms with E-state index in [9.17, 15) is 14.4 Å². The Morgan fingerprint density at radius 3 is 2.15 bits per heavy atom. The molecule has 2 heterocycles. The van der Waals surface area contributed by atoms with E-state index >= 15 is 8.78 Å². The fourth-order valence-electron chi connectivity index (χ4n) is 6.42. The molecule has 0 bridgehead atoms. The quantitative estimate of drug-likeness (QED) is 0.224. The number of benzene rings is 4. The van der Waals surface area contributed by atoms with Crippen molar-refractivity contribution < 1.29 is 23.2 Å². The topological polar surface area (TPSA) is 73.0 Å². The number of fused-ring (bicyclic) bond motifs is 1. The van der Waals surface area contributed by atoms with Crippen molar-refractivity contribution in [3.05, 3.63) is 126 Å². The molecule has 1 fully saturated rings. The van der Waals surface area contributed by atoms with Crippen LogP contribution in [0, 0.1) is 0 Å². The normalized spacial score (nSPS) is 17.3. The van der Waals surface area contributed by atoms with Gasteiger partial charge in [0.25, 0.3) is 17.7 Å². The first-order valence-electron chi connectivity index (χ1n) is 16.1. The number of alkyl halides is 2. The van der Waals surface area contributed by atoms with E-state index in [-0.39, 0.29) is 35.2 Å². The van der Waals surface area contributed by atoms with Crippen LogP contribution >= 0.6 is 0 Å². The maximum atomic E-state index is 15.8. The van der Waals surface area contributed by atoms with E-state index in [1.807, 2.05) is 49.5 Å². The van der Waals surface area contributed by atoms with Crippen LogP contribution in [0.1, 0.15) is 45.5 Å². The van der Waals surface area contributed by atoms with E-state index in [0.717, 1.165) is 43.1 Å². The Hall–Kier alpha value is -5.15. The summed E-state index contributed by atoms with van der Waals surface area (Å²) in [6.45, 7) is 1.43. The standard InChI is InChI=1S/C39H38F2N4O3/c1-43-23-20-30(21-24-43)44(2)36(46)26-34-33-14-8-9-15-35(33)45(25-22-39(34,40)41)38(48)28-16-18-29(19-17-28)42-37(47)32-13-7-6-12-31(32)27-10-4-3-5-11-27/h3-19,26,30H,20-25H2,1-2H3,(H,42,47). The highest BCUT2D eigenvalue weighted by Gasteiger charge is 2.42. The van der Waals surface area contributed by atoms with Gasteiger partial charge in [0.15, 0.2) is 0 Å². The zero-order valence-electron chi connectivity index (χ0n) is 27.0. The Kier molecular flexibility index (Phi) is 9.50. The molecule has 0 aliphatic carbocycles. The Bertz CT molecular complexity index is 1830. The minimum absolute atomic E-state index is 0.0235. The molecule has 0 spiro atoms. The number of halogens is 2. The second kappa shape index (κ2) is 13.9. The zero-order valence-corrected chi connectivity index (χ0v) is 27.0. The number of rotatable bonds is 6. The van der Waals surface area contributed by atoms with Gasteiger partial charge in [-0.1, -0.05) is 66.7 Å². The highest BCUT2D eigenvalue weighted by atomic mass is 19.3. The van der Waals surface area contributed by atoms with E-state index in [2.05, 4.69) is 10.2 Å². The van der Waals surface area contributed by atoms with Crippen LogP contribution < -0.4 is 10.2 Å². The fourth-order valence-corrected chi connectivity index (χ4v) is 6.42. The first-order valence-corrected chi connectivity index (χ1v) is 16.1. The second-order valence-corrected chi connectivity index (χ2v) is 12.4. The number of nitrogens with one attached hydrogen (secondary N) is 1. The van der Waals surface area contributed by atoms with Gasteiger partial charge in [0.1, 0.15) is 0 Å². The van der Waals surface area contributed by atoms with Crippen LogP contribution in [0.5, 0.6) is 0 Å². The number of hydrogen-bond donors (Lipinski definition) is 1. The number of likely N-dealkylation sites (tertiary alicyclic amines) is 1. The molecule has 0 atom stereocenters. The van der Waals surface area contributed by atoms with Gasteiger partial charge in [0.2, 0.25) is 5.91 Å². The summed E-state index contributed by atoms with van der Waals surface area (Å²) >= 11 is 0. The average Bonchev–Trinajstić information content (AvgIpc) is 3.22. The lowest BCUT2D eigenvalue weighted by atomic mass is 9.96. The summed E-state index contributed by atoms with van der Waals surface area (Å²) < 4.78 is 31.6. The SMILES string of the molecule is CN1CCC(N(C)C(=O)C=C2c3ccccc3N(C(=O)c3ccc(NC(=O)c4ccccc4-c4ccccc4)cc3)CCC2(F)F)CC1. The Morgan fingerprint density at radius 1 is 0.812 bits per heavy atom. The predicted molar refractivity (Wildman–Crippen MR) is 185 cm³/mol. The van der Waals surface area contributed by atoms with Gasteiger partial charge in [-0.2, -0.15) is 0 Å². The monoisotopic (exact) mass is 648 g/mol. The number of anilines is 2. The van der Waals surface area contributed by atoms with E-state index in [1.54, 1.807) is 66.5 Å². The molecule has 0 aromatic heterocycles. The van der Waals surface area contributed by atoms with Crippen molar-refractivity contribution in [2.75, 3.05) is 43.9 Å². The summed E-state index contributed by atoms with van der Waals surface area (Å²) in [4.78, 5) is 45.5. The lowest BCUT2D eigenvalue weighted by molar-refractivity contribution is -0.127. The molecule has 9 heteroatoms. The van der Waals surface area contributed by atoms with E-state index < -0.39 is 24.2 Å². The van der Waals surface area contributed by atoms with Crippen LogP contribution in [-0.4, -0.2) is 73.2 Å². The van der Waals surface area contributed by atoms with Gasteiger partial charge < -0.3 is 20.0 Å². The third-order valence-corrected chi connectivity index (χ3v) is 9.27. The van der Waals surface area contributed by atoms with Crippen molar-refractivity contribution in [3.63, 3.8) is 0 Å². The molecule has 0 radical (unpaired) electrons. The zero-order chi connectivity index (χ0) is 33.8. The third-order valence-electron chi connectivity index (χ3n) is 9.27. The molecule has 1 N–H and O–H groups in total. The van der Waals surface area contributed by atoms with Crippen LogP contribution in [-0.2, 0) is 4.79 Å². The van der Waals surface area contributed by atoms with Crippen molar-refractivity contribution in [2.24, 2.45) is 0 Å². The molecule has 1 saturated heterocycles. The molecule has 4 aromatic carbocycles. The van der Waals surface area contributed by atoms with Gasteiger partial charge in [-0.05, 0) is 80.5 Å². The Labute approximate surface area is 279 Å². The Morgan fingerprint density at radius 2 is 1.44 bits per heavy atom. The van der Waals surface area contributed by atoms with Crippen LogP contribution in [0.15, 0.2) is 109 Å². The molecule has 2 aliphatic heterocycles. The largest absolute Gasteiger partial charge is 0.339 e. The molecule has 0 unspecified atom stereocenters. The van der Waals surface area contributed by atoms with Crippen LogP contribution in [0.4, 0.5) is 20.2 Å². The number of carbonyl (C=O) groups is 3. The van der Waals surface area contributed by atoms with Gasteiger partial charge in [-0.3, -0.25) is 14.4 Å². The second-order valence-electron chi connectivity index (χ2n) is 12.4. The smallest absolute Gasteiger partial charge is 0.275 e. The van der Waals surface area contributed by atoms with Gasteiger partial charge >= 0.3 is 0 Å².